The van der Waals surface area contributed by atoms with E-state index in [-0.39, 0.29) is 17.7 Å². The molecule has 0 bridgehead atoms. The summed E-state index contributed by atoms with van der Waals surface area (Å²) in [6.07, 6.45) is 2.08. The molecule has 1 aliphatic heterocycles. The number of nitrogens with one attached hydrogen (secondary N) is 1. The molecule has 0 saturated carbocycles. The van der Waals surface area contributed by atoms with E-state index in [1.54, 1.807) is 13.8 Å². The van der Waals surface area contributed by atoms with Crippen molar-refractivity contribution in [3.05, 3.63) is 0 Å². The first-order chi connectivity index (χ1) is 7.50. The Morgan fingerprint density at radius 3 is 2.31 bits per heavy atom. The highest BCUT2D eigenvalue weighted by molar-refractivity contribution is 5.80. The second-order valence-corrected chi connectivity index (χ2v) is 4.69. The van der Waals surface area contributed by atoms with Crippen LogP contribution in [-0.4, -0.2) is 42.3 Å². The molecule has 1 amide bonds. The molecule has 4 nitrogen and oxygen atoms in total. The predicted molar refractivity (Wildman–Crippen MR) is 63.1 cm³/mol. The molecule has 0 radical (unpaired) electrons. The quantitative estimate of drug-likeness (QED) is 0.772. The summed E-state index contributed by atoms with van der Waals surface area (Å²) in [4.78, 5) is 24.1. The SMILES string of the molecule is CC(=O)C(C)NCC1CCN(C(C)=O)CC1. The summed E-state index contributed by atoms with van der Waals surface area (Å²) >= 11 is 0. The van der Waals surface area contributed by atoms with Crippen LogP contribution in [0.25, 0.3) is 0 Å². The molecular weight excluding hydrogens is 204 g/mol. The fraction of sp³-hybridized carbons (Fsp3) is 0.833. The van der Waals surface area contributed by atoms with Crippen LogP contribution in [0.2, 0.25) is 0 Å². The summed E-state index contributed by atoms with van der Waals surface area (Å²) in [5.41, 5.74) is 0. The van der Waals surface area contributed by atoms with Crippen LogP contribution in [0.5, 0.6) is 0 Å². The summed E-state index contributed by atoms with van der Waals surface area (Å²) in [5, 5.41) is 3.24. The molecule has 0 aromatic rings. The Morgan fingerprint density at radius 1 is 1.31 bits per heavy atom. The summed E-state index contributed by atoms with van der Waals surface area (Å²) in [7, 11) is 0. The van der Waals surface area contributed by atoms with Gasteiger partial charge in [0, 0.05) is 20.0 Å². The standard InChI is InChI=1S/C12H22N2O2/c1-9(10(2)15)13-8-12-4-6-14(7-5-12)11(3)16/h9,12-13H,4-8H2,1-3H3. The topological polar surface area (TPSA) is 49.4 Å². The average Bonchev–Trinajstić information content (AvgIpc) is 2.26. The van der Waals surface area contributed by atoms with E-state index in [1.807, 2.05) is 11.8 Å². The third-order valence-corrected chi connectivity index (χ3v) is 3.38. The molecule has 1 unspecified atom stereocenters. The molecule has 0 spiro atoms. The summed E-state index contributed by atoms with van der Waals surface area (Å²) < 4.78 is 0. The predicted octanol–water partition coefficient (Wildman–Crippen LogP) is 0.812. The van der Waals surface area contributed by atoms with Gasteiger partial charge in [-0.25, -0.2) is 0 Å². The number of rotatable bonds is 4. The molecule has 92 valence electrons. The zero-order chi connectivity index (χ0) is 12.1. The Labute approximate surface area is 97.4 Å². The van der Waals surface area contributed by atoms with E-state index in [0.717, 1.165) is 32.5 Å². The largest absolute Gasteiger partial charge is 0.343 e. The molecule has 0 aliphatic carbocycles. The molecular formula is C12H22N2O2. The van der Waals surface area contributed by atoms with Gasteiger partial charge in [-0.2, -0.15) is 0 Å². The van der Waals surface area contributed by atoms with Gasteiger partial charge in [-0.15, -0.1) is 0 Å². The van der Waals surface area contributed by atoms with Crippen molar-refractivity contribution in [3.63, 3.8) is 0 Å². The van der Waals surface area contributed by atoms with Gasteiger partial charge in [0.1, 0.15) is 5.78 Å². The van der Waals surface area contributed by atoms with Crippen molar-refractivity contribution < 1.29 is 9.59 Å². The Kier molecular flexibility index (Phi) is 4.93. The zero-order valence-corrected chi connectivity index (χ0v) is 10.5. The molecule has 1 saturated heterocycles. The first kappa shape index (κ1) is 13.2. The average molecular weight is 226 g/mol. The number of ketones is 1. The summed E-state index contributed by atoms with van der Waals surface area (Å²) in [6.45, 7) is 7.72. The van der Waals surface area contributed by atoms with E-state index in [9.17, 15) is 9.59 Å². The second-order valence-electron chi connectivity index (χ2n) is 4.69. The molecule has 1 aliphatic rings. The van der Waals surface area contributed by atoms with Gasteiger partial charge in [-0.05, 0) is 39.2 Å². The zero-order valence-electron chi connectivity index (χ0n) is 10.5. The van der Waals surface area contributed by atoms with Crippen molar-refractivity contribution in [2.45, 2.75) is 39.7 Å². The van der Waals surface area contributed by atoms with Gasteiger partial charge in [0.25, 0.3) is 0 Å². The molecule has 4 heteroatoms. The Bertz CT molecular complexity index is 258. The van der Waals surface area contributed by atoms with Crippen molar-refractivity contribution in [2.75, 3.05) is 19.6 Å². The van der Waals surface area contributed by atoms with Crippen LogP contribution in [0.1, 0.15) is 33.6 Å². The van der Waals surface area contributed by atoms with Crippen LogP contribution < -0.4 is 5.32 Å². The lowest BCUT2D eigenvalue weighted by atomic mass is 9.96. The van der Waals surface area contributed by atoms with Gasteiger partial charge < -0.3 is 10.2 Å². The van der Waals surface area contributed by atoms with Crippen LogP contribution >= 0.6 is 0 Å². The molecule has 1 atom stereocenters. The highest BCUT2D eigenvalue weighted by Gasteiger charge is 2.21. The number of carbonyl (C=O) groups is 2. The number of amides is 1. The lowest BCUT2D eigenvalue weighted by molar-refractivity contribution is -0.130. The van der Waals surface area contributed by atoms with Gasteiger partial charge in [-0.3, -0.25) is 9.59 Å². The van der Waals surface area contributed by atoms with Crippen LogP contribution in [0.15, 0.2) is 0 Å². The number of carbonyl (C=O) groups excluding carboxylic acids is 2. The van der Waals surface area contributed by atoms with E-state index in [0.29, 0.717) is 5.92 Å². The third kappa shape index (κ3) is 3.93. The fourth-order valence-corrected chi connectivity index (χ4v) is 1.94. The number of Topliss-reactive ketones (excluding diaryl/α,β-unsaturated/α-hetero) is 1. The summed E-state index contributed by atoms with van der Waals surface area (Å²) in [5.74, 6) is 0.946. The minimum atomic E-state index is -0.0502. The molecule has 0 aromatic heterocycles. The van der Waals surface area contributed by atoms with Crippen molar-refractivity contribution in [3.8, 4) is 0 Å². The van der Waals surface area contributed by atoms with E-state index in [2.05, 4.69) is 5.32 Å². The monoisotopic (exact) mass is 226 g/mol. The first-order valence-corrected chi connectivity index (χ1v) is 6.00. The van der Waals surface area contributed by atoms with Crippen molar-refractivity contribution in [1.82, 2.24) is 10.2 Å². The van der Waals surface area contributed by atoms with Crippen LogP contribution in [0, 0.1) is 5.92 Å². The van der Waals surface area contributed by atoms with Crippen LogP contribution in [0.4, 0.5) is 0 Å². The number of hydrogen-bond donors (Lipinski definition) is 1. The van der Waals surface area contributed by atoms with Crippen molar-refractivity contribution in [2.24, 2.45) is 5.92 Å². The highest BCUT2D eigenvalue weighted by atomic mass is 16.2. The van der Waals surface area contributed by atoms with E-state index >= 15 is 0 Å². The lowest BCUT2D eigenvalue weighted by Crippen LogP contribution is -2.42. The van der Waals surface area contributed by atoms with E-state index in [4.69, 9.17) is 0 Å². The molecule has 0 aromatic carbocycles. The van der Waals surface area contributed by atoms with Crippen molar-refractivity contribution >= 4 is 11.7 Å². The fourth-order valence-electron chi connectivity index (χ4n) is 1.94. The third-order valence-electron chi connectivity index (χ3n) is 3.38. The number of hydrogen-bond acceptors (Lipinski definition) is 3. The van der Waals surface area contributed by atoms with Gasteiger partial charge >= 0.3 is 0 Å². The Hall–Kier alpha value is -0.900. The van der Waals surface area contributed by atoms with E-state index < -0.39 is 0 Å². The van der Waals surface area contributed by atoms with Crippen LogP contribution in [-0.2, 0) is 9.59 Å². The Balaban J connectivity index is 2.22. The van der Waals surface area contributed by atoms with Gasteiger partial charge in [-0.1, -0.05) is 0 Å². The number of nitrogens with zero attached hydrogens (tertiary/aromatic N) is 1. The molecule has 16 heavy (non-hydrogen) atoms. The lowest BCUT2D eigenvalue weighted by Gasteiger charge is -2.31. The minimum absolute atomic E-state index is 0.0502. The molecule has 1 rings (SSSR count). The molecule has 1 fully saturated rings. The maximum absolute atomic E-state index is 11.1. The second kappa shape index (κ2) is 5.99. The maximum atomic E-state index is 11.1. The number of likely N-dealkylation sites (tertiary alicyclic amines) is 1. The van der Waals surface area contributed by atoms with Gasteiger partial charge in [0.05, 0.1) is 6.04 Å². The van der Waals surface area contributed by atoms with Crippen LogP contribution in [0.3, 0.4) is 0 Å². The van der Waals surface area contributed by atoms with Crippen molar-refractivity contribution in [1.29, 1.82) is 0 Å². The molecule has 1 N–H and O–H groups in total. The first-order valence-electron chi connectivity index (χ1n) is 6.00. The maximum Gasteiger partial charge on any atom is 0.219 e. The molecule has 1 heterocycles. The number of piperidine rings is 1. The smallest absolute Gasteiger partial charge is 0.219 e. The Morgan fingerprint density at radius 2 is 1.88 bits per heavy atom. The highest BCUT2D eigenvalue weighted by Crippen LogP contribution is 2.16. The minimum Gasteiger partial charge on any atom is -0.343 e. The normalized spacial score (nSPS) is 19.6. The van der Waals surface area contributed by atoms with Gasteiger partial charge in [0.2, 0.25) is 5.91 Å². The summed E-state index contributed by atoms with van der Waals surface area (Å²) in [6, 6.07) is -0.0502. The van der Waals surface area contributed by atoms with E-state index in [1.165, 1.54) is 0 Å². The van der Waals surface area contributed by atoms with Gasteiger partial charge in [0.15, 0.2) is 0 Å².